The molecule has 1 N–H and O–H groups in total. The van der Waals surface area contributed by atoms with Crippen LogP contribution in [0.4, 0.5) is 0 Å². The lowest BCUT2D eigenvalue weighted by atomic mass is 9.98. The van der Waals surface area contributed by atoms with E-state index in [0.717, 1.165) is 23.3 Å². The lowest BCUT2D eigenvalue weighted by Gasteiger charge is -2.18. The fourth-order valence-corrected chi connectivity index (χ4v) is 2.51. The van der Waals surface area contributed by atoms with Crippen LogP contribution in [0.1, 0.15) is 31.4 Å². The van der Waals surface area contributed by atoms with Gasteiger partial charge in [-0.1, -0.05) is 17.3 Å². The molecular formula is C14H15NO4. The predicted octanol–water partition coefficient (Wildman–Crippen LogP) is 1.98. The van der Waals surface area contributed by atoms with Gasteiger partial charge in [0, 0.05) is 18.4 Å². The van der Waals surface area contributed by atoms with Gasteiger partial charge < -0.3 is 14.7 Å². The minimum absolute atomic E-state index is 0.231. The van der Waals surface area contributed by atoms with Gasteiger partial charge in [-0.25, -0.2) is 4.79 Å². The molecule has 0 saturated carbocycles. The van der Waals surface area contributed by atoms with E-state index < -0.39 is 12.1 Å². The van der Waals surface area contributed by atoms with Gasteiger partial charge in [0.25, 0.3) is 0 Å². The Kier molecular flexibility index (Phi) is 2.52. The number of oxime groups is 1. The Morgan fingerprint density at radius 2 is 2.26 bits per heavy atom. The lowest BCUT2D eigenvalue weighted by Crippen LogP contribution is -2.25. The fourth-order valence-electron chi connectivity index (χ4n) is 2.51. The summed E-state index contributed by atoms with van der Waals surface area (Å²) in [5.74, 6) is -0.187. The van der Waals surface area contributed by atoms with Gasteiger partial charge in [-0.05, 0) is 25.5 Å². The first-order valence-corrected chi connectivity index (χ1v) is 6.23. The molecule has 0 radical (unpaired) electrons. The van der Waals surface area contributed by atoms with Crippen molar-refractivity contribution < 1.29 is 19.5 Å². The van der Waals surface area contributed by atoms with Crippen LogP contribution in [0, 0.1) is 0 Å². The molecule has 0 aliphatic carbocycles. The average molecular weight is 261 g/mol. The molecule has 2 aliphatic rings. The molecule has 0 amide bonds. The van der Waals surface area contributed by atoms with Crippen molar-refractivity contribution in [1.29, 1.82) is 0 Å². The van der Waals surface area contributed by atoms with E-state index in [-0.39, 0.29) is 12.0 Å². The number of para-hydroxylation sites is 1. The van der Waals surface area contributed by atoms with Gasteiger partial charge in [0.2, 0.25) is 6.10 Å². The van der Waals surface area contributed by atoms with Crippen LogP contribution in [0.2, 0.25) is 0 Å². The Hall–Kier alpha value is -2.04. The van der Waals surface area contributed by atoms with Crippen LogP contribution in [-0.2, 0) is 16.1 Å². The topological polar surface area (TPSA) is 68.1 Å². The largest absolute Gasteiger partial charge is 0.487 e. The molecule has 1 atom stereocenters. The van der Waals surface area contributed by atoms with Gasteiger partial charge in [0.05, 0.1) is 5.71 Å². The summed E-state index contributed by atoms with van der Waals surface area (Å²) in [6.07, 6.45) is 0.225. The zero-order valence-electron chi connectivity index (χ0n) is 10.8. The molecule has 3 rings (SSSR count). The number of fused-ring (bicyclic) bond motifs is 1. The number of carboxylic acid groups (broad SMARTS) is 1. The van der Waals surface area contributed by atoms with Crippen molar-refractivity contribution in [2.24, 2.45) is 5.16 Å². The number of nitrogens with zero attached hydrogens (tertiary/aromatic N) is 1. The summed E-state index contributed by atoms with van der Waals surface area (Å²) in [5, 5.41) is 12.8. The summed E-state index contributed by atoms with van der Waals surface area (Å²) in [6, 6.07) is 5.86. The molecule has 2 aliphatic heterocycles. The smallest absolute Gasteiger partial charge is 0.348 e. The normalized spacial score (nSPS) is 23.3. The standard InChI is InChI=1S/C14H15NO4/c1-14(2)7-8-4-3-5-9(12(8)18-14)10-6-11(13(16)17)19-15-10/h3-5,11H,6-7H2,1-2H3,(H,16,17). The van der Waals surface area contributed by atoms with Crippen molar-refractivity contribution in [3.8, 4) is 5.75 Å². The van der Waals surface area contributed by atoms with Gasteiger partial charge in [-0.15, -0.1) is 0 Å². The molecule has 0 fully saturated rings. The third kappa shape index (κ3) is 2.05. The maximum atomic E-state index is 10.9. The molecule has 100 valence electrons. The Bertz CT molecular complexity index is 577. The van der Waals surface area contributed by atoms with Crippen LogP contribution in [0.5, 0.6) is 5.75 Å². The number of hydrogen-bond donors (Lipinski definition) is 1. The van der Waals surface area contributed by atoms with Crippen molar-refractivity contribution >= 4 is 11.7 Å². The summed E-state index contributed by atoms with van der Waals surface area (Å²) in [7, 11) is 0. The molecule has 0 bridgehead atoms. The van der Waals surface area contributed by atoms with Crippen molar-refractivity contribution in [3.63, 3.8) is 0 Å². The molecule has 1 unspecified atom stereocenters. The SMILES string of the molecule is CC1(C)Cc2cccc(C3=NOC(C(=O)O)C3)c2O1. The van der Waals surface area contributed by atoms with E-state index in [1.54, 1.807) is 0 Å². The first-order chi connectivity index (χ1) is 8.96. The first kappa shape index (κ1) is 12.0. The van der Waals surface area contributed by atoms with Crippen LogP contribution in [0.3, 0.4) is 0 Å². The summed E-state index contributed by atoms with van der Waals surface area (Å²) >= 11 is 0. The fraction of sp³-hybridized carbons (Fsp3) is 0.429. The first-order valence-electron chi connectivity index (χ1n) is 6.23. The van der Waals surface area contributed by atoms with Crippen LogP contribution in [0.25, 0.3) is 0 Å². The number of carbonyl (C=O) groups is 1. The zero-order chi connectivity index (χ0) is 13.6. The average Bonchev–Trinajstić information content (AvgIpc) is 2.90. The van der Waals surface area contributed by atoms with E-state index in [1.807, 2.05) is 32.0 Å². The van der Waals surface area contributed by atoms with Crippen molar-refractivity contribution in [3.05, 3.63) is 29.3 Å². The molecular weight excluding hydrogens is 246 g/mol. The van der Waals surface area contributed by atoms with E-state index in [4.69, 9.17) is 14.7 Å². The lowest BCUT2D eigenvalue weighted by molar-refractivity contribution is -0.148. The number of rotatable bonds is 2. The monoisotopic (exact) mass is 261 g/mol. The maximum Gasteiger partial charge on any atom is 0.348 e. The molecule has 5 nitrogen and oxygen atoms in total. The number of hydrogen-bond acceptors (Lipinski definition) is 4. The number of ether oxygens (including phenoxy) is 1. The van der Waals surface area contributed by atoms with E-state index in [0.29, 0.717) is 5.71 Å². The third-order valence-electron chi connectivity index (χ3n) is 3.35. The summed E-state index contributed by atoms with van der Waals surface area (Å²) in [6.45, 7) is 4.06. The minimum atomic E-state index is -0.993. The Balaban J connectivity index is 1.93. The highest BCUT2D eigenvalue weighted by molar-refractivity contribution is 6.05. The van der Waals surface area contributed by atoms with Gasteiger partial charge in [0.1, 0.15) is 11.4 Å². The highest BCUT2D eigenvalue weighted by Gasteiger charge is 2.35. The van der Waals surface area contributed by atoms with Gasteiger partial charge >= 0.3 is 5.97 Å². The van der Waals surface area contributed by atoms with E-state index in [2.05, 4.69) is 5.16 Å². The number of carboxylic acids is 1. The molecule has 1 aromatic rings. The highest BCUT2D eigenvalue weighted by atomic mass is 16.7. The molecule has 19 heavy (non-hydrogen) atoms. The molecule has 5 heteroatoms. The second-order valence-electron chi connectivity index (χ2n) is 5.51. The molecule has 0 spiro atoms. The molecule has 0 saturated heterocycles. The van der Waals surface area contributed by atoms with Crippen molar-refractivity contribution in [1.82, 2.24) is 0 Å². The van der Waals surface area contributed by atoms with Crippen LogP contribution < -0.4 is 4.74 Å². The highest BCUT2D eigenvalue weighted by Crippen LogP contribution is 2.38. The van der Waals surface area contributed by atoms with E-state index in [9.17, 15) is 4.79 Å². The minimum Gasteiger partial charge on any atom is -0.487 e. The van der Waals surface area contributed by atoms with Crippen LogP contribution in [-0.4, -0.2) is 28.5 Å². The Morgan fingerprint density at radius 3 is 2.95 bits per heavy atom. The van der Waals surface area contributed by atoms with Crippen molar-refractivity contribution in [2.75, 3.05) is 0 Å². The summed E-state index contributed by atoms with van der Waals surface area (Å²) in [5.41, 5.74) is 2.38. The molecule has 2 heterocycles. The second-order valence-corrected chi connectivity index (χ2v) is 5.51. The number of benzene rings is 1. The number of aliphatic carboxylic acids is 1. The molecule has 1 aromatic carbocycles. The maximum absolute atomic E-state index is 10.9. The van der Waals surface area contributed by atoms with Crippen molar-refractivity contribution in [2.45, 2.75) is 38.4 Å². The Labute approximate surface area is 110 Å². The Morgan fingerprint density at radius 1 is 1.47 bits per heavy atom. The second kappa shape index (κ2) is 3.98. The zero-order valence-corrected chi connectivity index (χ0v) is 10.8. The van der Waals surface area contributed by atoms with E-state index >= 15 is 0 Å². The quantitative estimate of drug-likeness (QED) is 0.883. The summed E-state index contributed by atoms with van der Waals surface area (Å²) < 4.78 is 5.95. The summed E-state index contributed by atoms with van der Waals surface area (Å²) in [4.78, 5) is 15.8. The van der Waals surface area contributed by atoms with Gasteiger partial charge in [0.15, 0.2) is 0 Å². The molecule has 0 aromatic heterocycles. The third-order valence-corrected chi connectivity index (χ3v) is 3.35. The van der Waals surface area contributed by atoms with Crippen LogP contribution in [0.15, 0.2) is 23.4 Å². The van der Waals surface area contributed by atoms with Gasteiger partial charge in [-0.3, -0.25) is 0 Å². The van der Waals surface area contributed by atoms with Gasteiger partial charge in [-0.2, -0.15) is 0 Å². The predicted molar refractivity (Wildman–Crippen MR) is 68.5 cm³/mol. The van der Waals surface area contributed by atoms with Crippen LogP contribution >= 0.6 is 0 Å². The van der Waals surface area contributed by atoms with E-state index in [1.165, 1.54) is 0 Å².